The lowest BCUT2D eigenvalue weighted by Gasteiger charge is -2.39. The number of carbonyl (C=O) groups excluding carboxylic acids is 1. The fourth-order valence-electron chi connectivity index (χ4n) is 3.48. The normalized spacial score (nSPS) is 18.1. The van der Waals surface area contributed by atoms with Gasteiger partial charge in [-0.15, -0.1) is 5.10 Å². The van der Waals surface area contributed by atoms with Gasteiger partial charge in [-0.05, 0) is 24.5 Å². The van der Waals surface area contributed by atoms with Crippen LogP contribution in [0.25, 0.3) is 0 Å². The van der Waals surface area contributed by atoms with Crippen LogP contribution in [0.15, 0.2) is 30.5 Å². The molecule has 4 rings (SSSR count). The summed E-state index contributed by atoms with van der Waals surface area (Å²) in [4.78, 5) is 16.5. The van der Waals surface area contributed by atoms with Crippen molar-refractivity contribution in [2.45, 2.75) is 25.4 Å². The molecule has 7 heteroatoms. The first kappa shape index (κ1) is 15.8. The Balaban J connectivity index is 1.35. The van der Waals surface area contributed by atoms with Gasteiger partial charge in [-0.2, -0.15) is 5.26 Å². The Labute approximate surface area is 146 Å². The molecule has 0 bridgehead atoms. The Morgan fingerprint density at radius 1 is 1.24 bits per heavy atom. The third-order valence-electron chi connectivity index (χ3n) is 4.97. The highest BCUT2D eigenvalue weighted by Gasteiger charge is 2.31. The number of nitrogens with zero attached hydrogens (tertiary/aromatic N) is 6. The van der Waals surface area contributed by atoms with Gasteiger partial charge < -0.3 is 4.90 Å². The molecule has 1 amide bonds. The lowest BCUT2D eigenvalue weighted by molar-refractivity contribution is 0.0786. The van der Waals surface area contributed by atoms with Crippen LogP contribution in [0.2, 0.25) is 0 Å². The first-order chi connectivity index (χ1) is 12.2. The van der Waals surface area contributed by atoms with E-state index in [1.807, 2.05) is 29.2 Å². The lowest BCUT2D eigenvalue weighted by atomic mass is 10.0. The number of likely N-dealkylation sites (tertiary alicyclic amines) is 2. The van der Waals surface area contributed by atoms with Gasteiger partial charge >= 0.3 is 0 Å². The maximum atomic E-state index is 12.3. The van der Waals surface area contributed by atoms with E-state index in [9.17, 15) is 4.79 Å². The number of hydrogen-bond acceptors (Lipinski definition) is 5. The largest absolute Gasteiger partial charge is 0.337 e. The molecule has 2 saturated heterocycles. The first-order valence-electron chi connectivity index (χ1n) is 8.66. The summed E-state index contributed by atoms with van der Waals surface area (Å²) in [5.74, 6) is -0.0112. The molecule has 0 atom stereocenters. The van der Waals surface area contributed by atoms with Crippen LogP contribution in [0.1, 0.15) is 40.5 Å². The fraction of sp³-hybridized carbons (Fsp3) is 0.444. The third-order valence-corrected chi connectivity index (χ3v) is 4.97. The molecule has 0 spiro atoms. The van der Waals surface area contributed by atoms with Crippen LogP contribution >= 0.6 is 0 Å². The van der Waals surface area contributed by atoms with E-state index in [2.05, 4.69) is 21.3 Å². The molecule has 7 nitrogen and oxygen atoms in total. The zero-order chi connectivity index (χ0) is 17.2. The van der Waals surface area contributed by atoms with E-state index >= 15 is 0 Å². The summed E-state index contributed by atoms with van der Waals surface area (Å²) in [6.07, 6.45) is 3.91. The van der Waals surface area contributed by atoms with E-state index in [-0.39, 0.29) is 11.9 Å². The Morgan fingerprint density at radius 3 is 2.76 bits per heavy atom. The Morgan fingerprint density at radius 2 is 2.00 bits per heavy atom. The van der Waals surface area contributed by atoms with Crippen molar-refractivity contribution in [2.24, 2.45) is 0 Å². The van der Waals surface area contributed by atoms with Crippen molar-refractivity contribution in [1.82, 2.24) is 24.8 Å². The van der Waals surface area contributed by atoms with Gasteiger partial charge in [0, 0.05) is 32.7 Å². The van der Waals surface area contributed by atoms with Crippen molar-refractivity contribution < 1.29 is 4.79 Å². The summed E-state index contributed by atoms with van der Waals surface area (Å²) in [6, 6.07) is 10.2. The summed E-state index contributed by atoms with van der Waals surface area (Å²) in [7, 11) is 0. The molecular formula is C18H20N6O. The second-order valence-electron chi connectivity index (χ2n) is 6.70. The summed E-state index contributed by atoms with van der Waals surface area (Å²) < 4.78 is 1.80. The molecule has 25 heavy (non-hydrogen) atoms. The van der Waals surface area contributed by atoms with Crippen LogP contribution < -0.4 is 0 Å². The number of benzene rings is 1. The van der Waals surface area contributed by atoms with Gasteiger partial charge in [-0.25, -0.2) is 4.68 Å². The second-order valence-corrected chi connectivity index (χ2v) is 6.70. The SMILES string of the molecule is N#Cc1ccccc1CN1CC(n2cc(C(=O)N3CCCC3)nn2)C1. The third kappa shape index (κ3) is 3.13. The van der Waals surface area contributed by atoms with Gasteiger partial charge in [0.15, 0.2) is 5.69 Å². The molecule has 3 heterocycles. The zero-order valence-corrected chi connectivity index (χ0v) is 14.0. The number of hydrogen-bond donors (Lipinski definition) is 0. The van der Waals surface area contributed by atoms with Gasteiger partial charge in [0.25, 0.3) is 5.91 Å². The van der Waals surface area contributed by atoms with E-state index in [0.717, 1.165) is 56.7 Å². The first-order valence-corrected chi connectivity index (χ1v) is 8.66. The van der Waals surface area contributed by atoms with E-state index in [0.29, 0.717) is 5.69 Å². The molecule has 0 unspecified atom stereocenters. The quantitative estimate of drug-likeness (QED) is 0.844. The highest BCUT2D eigenvalue weighted by Crippen LogP contribution is 2.24. The van der Waals surface area contributed by atoms with E-state index in [4.69, 9.17) is 5.26 Å². The lowest BCUT2D eigenvalue weighted by Crippen LogP contribution is -2.47. The zero-order valence-electron chi connectivity index (χ0n) is 14.0. The molecule has 0 N–H and O–H groups in total. The molecule has 0 aliphatic carbocycles. The molecule has 2 fully saturated rings. The van der Waals surface area contributed by atoms with Crippen molar-refractivity contribution in [3.8, 4) is 6.07 Å². The average molecular weight is 336 g/mol. The summed E-state index contributed by atoms with van der Waals surface area (Å²) in [5, 5.41) is 17.4. The smallest absolute Gasteiger partial charge is 0.276 e. The van der Waals surface area contributed by atoms with Crippen LogP contribution in [0, 0.1) is 11.3 Å². The minimum atomic E-state index is -0.0112. The molecule has 0 radical (unpaired) electrons. The van der Waals surface area contributed by atoms with Crippen molar-refractivity contribution >= 4 is 5.91 Å². The predicted molar refractivity (Wildman–Crippen MR) is 90.6 cm³/mol. The number of rotatable bonds is 4. The summed E-state index contributed by atoms with van der Waals surface area (Å²) in [5.41, 5.74) is 2.22. The monoisotopic (exact) mass is 336 g/mol. The fourth-order valence-corrected chi connectivity index (χ4v) is 3.48. The maximum Gasteiger partial charge on any atom is 0.276 e. The molecule has 2 aromatic rings. The van der Waals surface area contributed by atoms with Crippen LogP contribution in [0.4, 0.5) is 0 Å². The van der Waals surface area contributed by atoms with Crippen LogP contribution in [-0.2, 0) is 6.54 Å². The highest BCUT2D eigenvalue weighted by molar-refractivity contribution is 5.92. The molecule has 1 aromatic carbocycles. The Bertz CT molecular complexity index is 811. The number of carbonyl (C=O) groups is 1. The van der Waals surface area contributed by atoms with E-state index in [1.165, 1.54) is 0 Å². The van der Waals surface area contributed by atoms with Crippen molar-refractivity contribution in [3.05, 3.63) is 47.3 Å². The van der Waals surface area contributed by atoms with Crippen LogP contribution in [-0.4, -0.2) is 56.9 Å². The van der Waals surface area contributed by atoms with Gasteiger partial charge in [0.2, 0.25) is 0 Å². The van der Waals surface area contributed by atoms with Gasteiger partial charge in [-0.3, -0.25) is 9.69 Å². The van der Waals surface area contributed by atoms with Crippen LogP contribution in [0.3, 0.4) is 0 Å². The van der Waals surface area contributed by atoms with E-state index in [1.54, 1.807) is 10.9 Å². The van der Waals surface area contributed by atoms with Crippen molar-refractivity contribution in [3.63, 3.8) is 0 Å². The second kappa shape index (κ2) is 6.65. The summed E-state index contributed by atoms with van der Waals surface area (Å²) >= 11 is 0. The Hall–Kier alpha value is -2.72. The van der Waals surface area contributed by atoms with Crippen molar-refractivity contribution in [2.75, 3.05) is 26.2 Å². The van der Waals surface area contributed by atoms with Gasteiger partial charge in [0.05, 0.1) is 23.9 Å². The van der Waals surface area contributed by atoms with Gasteiger partial charge in [0.1, 0.15) is 0 Å². The molecule has 128 valence electrons. The van der Waals surface area contributed by atoms with E-state index < -0.39 is 0 Å². The summed E-state index contributed by atoms with van der Waals surface area (Å²) in [6.45, 7) is 4.10. The molecular weight excluding hydrogens is 316 g/mol. The average Bonchev–Trinajstić information content (AvgIpc) is 3.29. The van der Waals surface area contributed by atoms with Crippen molar-refractivity contribution in [1.29, 1.82) is 5.26 Å². The highest BCUT2D eigenvalue weighted by atomic mass is 16.2. The number of aromatic nitrogens is 3. The molecule has 1 aromatic heterocycles. The topological polar surface area (TPSA) is 78.0 Å². The maximum absolute atomic E-state index is 12.3. The number of nitriles is 1. The number of amides is 1. The minimum Gasteiger partial charge on any atom is -0.337 e. The van der Waals surface area contributed by atoms with Crippen LogP contribution in [0.5, 0.6) is 0 Å². The standard InChI is InChI=1S/C18H20N6O/c19-9-14-5-1-2-6-15(14)10-22-11-16(12-22)24-13-17(20-21-24)18(25)23-7-3-4-8-23/h1-2,5-6,13,16H,3-4,7-8,10-12H2. The van der Waals surface area contributed by atoms with Gasteiger partial charge in [-0.1, -0.05) is 23.4 Å². The minimum absolute atomic E-state index is 0.0112. The molecule has 2 aliphatic heterocycles. The molecule has 0 saturated carbocycles. The Kier molecular flexibility index (Phi) is 4.20. The molecule has 2 aliphatic rings. The predicted octanol–water partition coefficient (Wildman–Crippen LogP) is 1.44.